The molecule has 0 unspecified atom stereocenters. The lowest BCUT2D eigenvalue weighted by atomic mass is 10.1. The van der Waals surface area contributed by atoms with Crippen molar-refractivity contribution in [3.05, 3.63) is 52.2 Å². The molecule has 1 aliphatic rings. The molecule has 8 heteroatoms. The monoisotopic (exact) mass is 390 g/mol. The van der Waals surface area contributed by atoms with Crippen LogP contribution in [-0.2, 0) is 10.0 Å². The molecule has 1 aromatic carbocycles. The quantitative estimate of drug-likeness (QED) is 0.643. The smallest absolute Gasteiger partial charge is 0.363 e. The molecule has 2 N–H and O–H groups in total. The summed E-state index contributed by atoms with van der Waals surface area (Å²) < 4.78 is 33.2. The second kappa shape index (κ2) is 6.77. The molecular formula is C18H18N2O4S2. The van der Waals surface area contributed by atoms with Crippen molar-refractivity contribution in [3.8, 4) is 0 Å². The molecule has 1 saturated carbocycles. The Labute approximate surface area is 154 Å². The Balaban J connectivity index is 1.84. The number of para-hydroxylation sites is 1. The summed E-state index contributed by atoms with van der Waals surface area (Å²) in [5, 5.41) is 5.74. The summed E-state index contributed by atoms with van der Waals surface area (Å²) in [6.45, 7) is 0. The minimum Gasteiger partial charge on any atom is -0.421 e. The van der Waals surface area contributed by atoms with E-state index >= 15 is 0 Å². The number of sulfonamides is 1. The van der Waals surface area contributed by atoms with E-state index in [-0.39, 0.29) is 15.9 Å². The number of thiophene rings is 1. The van der Waals surface area contributed by atoms with Gasteiger partial charge in [0.25, 0.3) is 10.0 Å². The van der Waals surface area contributed by atoms with E-state index < -0.39 is 15.6 Å². The highest BCUT2D eigenvalue weighted by molar-refractivity contribution is 7.94. The van der Waals surface area contributed by atoms with E-state index in [0.717, 1.165) is 37.0 Å². The third kappa shape index (κ3) is 3.22. The van der Waals surface area contributed by atoms with Crippen molar-refractivity contribution in [1.29, 1.82) is 0 Å². The number of hydrogen-bond donors (Lipinski definition) is 2. The average Bonchev–Trinajstić information content (AvgIpc) is 3.31. The zero-order valence-corrected chi connectivity index (χ0v) is 15.5. The fraction of sp³-hybridized carbons (Fsp3) is 0.278. The molecule has 0 amide bonds. The largest absolute Gasteiger partial charge is 0.421 e. The second-order valence-corrected chi connectivity index (χ2v) is 9.16. The van der Waals surface area contributed by atoms with E-state index in [2.05, 4.69) is 10.0 Å². The topological polar surface area (TPSA) is 88.4 Å². The highest BCUT2D eigenvalue weighted by Crippen LogP contribution is 2.33. The van der Waals surface area contributed by atoms with Crippen LogP contribution >= 0.6 is 11.3 Å². The fourth-order valence-electron chi connectivity index (χ4n) is 3.27. The van der Waals surface area contributed by atoms with Crippen LogP contribution < -0.4 is 15.7 Å². The summed E-state index contributed by atoms with van der Waals surface area (Å²) in [5.41, 5.74) is 0.147. The summed E-state index contributed by atoms with van der Waals surface area (Å²) in [5.74, 6) is 0. The van der Waals surface area contributed by atoms with Gasteiger partial charge in [-0.3, -0.25) is 4.72 Å². The van der Waals surface area contributed by atoms with Crippen molar-refractivity contribution in [3.63, 3.8) is 0 Å². The molecule has 136 valence electrons. The van der Waals surface area contributed by atoms with E-state index in [9.17, 15) is 13.2 Å². The standard InChI is InChI=1S/C18H18N2O4S2/c21-18-17(20-26(22,23)15-10-5-11-25-15)16(19-12-6-1-2-7-12)13-8-3-4-9-14(13)24-18/h3-5,8-12,19-20H,1-2,6-7H2. The zero-order valence-electron chi connectivity index (χ0n) is 13.9. The molecule has 1 aliphatic carbocycles. The molecule has 2 aromatic heterocycles. The lowest BCUT2D eigenvalue weighted by molar-refractivity contribution is 0.563. The number of fused-ring (bicyclic) bond motifs is 1. The molecule has 0 radical (unpaired) electrons. The fourth-order valence-corrected chi connectivity index (χ4v) is 5.33. The summed E-state index contributed by atoms with van der Waals surface area (Å²) in [6, 6.07) is 10.5. The first kappa shape index (κ1) is 17.1. The summed E-state index contributed by atoms with van der Waals surface area (Å²) in [7, 11) is -3.85. The Morgan fingerprint density at radius 2 is 1.81 bits per heavy atom. The molecular weight excluding hydrogens is 372 g/mol. The van der Waals surface area contributed by atoms with Gasteiger partial charge < -0.3 is 9.73 Å². The van der Waals surface area contributed by atoms with Crippen molar-refractivity contribution in [2.45, 2.75) is 35.9 Å². The molecule has 26 heavy (non-hydrogen) atoms. The van der Waals surface area contributed by atoms with E-state index in [0.29, 0.717) is 16.7 Å². The third-order valence-corrected chi connectivity index (χ3v) is 7.26. The first-order chi connectivity index (χ1) is 12.5. The van der Waals surface area contributed by atoms with E-state index in [4.69, 9.17) is 4.42 Å². The summed E-state index contributed by atoms with van der Waals surface area (Å²) in [6.07, 6.45) is 4.22. The van der Waals surface area contributed by atoms with Gasteiger partial charge >= 0.3 is 5.63 Å². The number of hydrogen-bond acceptors (Lipinski definition) is 6. The average molecular weight is 390 g/mol. The van der Waals surface area contributed by atoms with Crippen molar-refractivity contribution in [2.24, 2.45) is 0 Å². The van der Waals surface area contributed by atoms with Crippen molar-refractivity contribution in [1.82, 2.24) is 0 Å². The van der Waals surface area contributed by atoms with Crippen LogP contribution in [0.1, 0.15) is 25.7 Å². The third-order valence-electron chi connectivity index (χ3n) is 4.51. The van der Waals surface area contributed by atoms with Crippen LogP contribution in [0.2, 0.25) is 0 Å². The Kier molecular flexibility index (Phi) is 4.46. The normalized spacial score (nSPS) is 15.4. The highest BCUT2D eigenvalue weighted by atomic mass is 32.2. The Morgan fingerprint density at radius 3 is 2.54 bits per heavy atom. The predicted molar refractivity (Wildman–Crippen MR) is 103 cm³/mol. The Bertz CT molecular complexity index is 1080. The highest BCUT2D eigenvalue weighted by Gasteiger charge is 2.24. The first-order valence-corrected chi connectivity index (χ1v) is 10.8. The molecule has 0 saturated heterocycles. The van der Waals surface area contributed by atoms with Crippen LogP contribution in [-0.4, -0.2) is 14.5 Å². The zero-order chi connectivity index (χ0) is 18.1. The van der Waals surface area contributed by atoms with Gasteiger partial charge in [0.05, 0.1) is 5.69 Å². The van der Waals surface area contributed by atoms with Gasteiger partial charge in [-0.2, -0.15) is 0 Å². The lowest BCUT2D eigenvalue weighted by Crippen LogP contribution is -2.23. The van der Waals surface area contributed by atoms with Gasteiger partial charge in [-0.15, -0.1) is 11.3 Å². The van der Waals surface area contributed by atoms with Crippen molar-refractivity contribution >= 4 is 43.7 Å². The van der Waals surface area contributed by atoms with Crippen LogP contribution in [0.4, 0.5) is 11.4 Å². The minimum atomic E-state index is -3.85. The Hall–Kier alpha value is -2.32. The number of benzene rings is 1. The SMILES string of the molecule is O=c1oc2ccccc2c(NC2CCCC2)c1NS(=O)(=O)c1cccs1. The maximum absolute atomic E-state index is 12.6. The maximum atomic E-state index is 12.6. The summed E-state index contributed by atoms with van der Waals surface area (Å²) in [4.78, 5) is 12.5. The van der Waals surface area contributed by atoms with Gasteiger partial charge in [-0.05, 0) is 36.4 Å². The van der Waals surface area contributed by atoms with Gasteiger partial charge in [0.15, 0.2) is 5.69 Å². The minimum absolute atomic E-state index is 0.0657. The number of rotatable bonds is 5. The maximum Gasteiger partial charge on any atom is 0.363 e. The van der Waals surface area contributed by atoms with Crippen LogP contribution in [0.25, 0.3) is 11.0 Å². The van der Waals surface area contributed by atoms with Gasteiger partial charge in [0, 0.05) is 11.4 Å². The van der Waals surface area contributed by atoms with Crippen molar-refractivity contribution < 1.29 is 12.8 Å². The molecule has 1 fully saturated rings. The van der Waals surface area contributed by atoms with Crippen LogP contribution in [0.5, 0.6) is 0 Å². The second-order valence-electron chi connectivity index (χ2n) is 6.30. The van der Waals surface area contributed by atoms with E-state index in [1.54, 1.807) is 23.6 Å². The number of nitrogens with one attached hydrogen (secondary N) is 2. The molecule has 0 bridgehead atoms. The molecule has 4 rings (SSSR count). The van der Waals surface area contributed by atoms with Crippen LogP contribution in [0, 0.1) is 0 Å². The molecule has 0 spiro atoms. The van der Waals surface area contributed by atoms with E-state index in [1.165, 1.54) is 6.07 Å². The molecule has 3 aromatic rings. The van der Waals surface area contributed by atoms with Gasteiger partial charge in [-0.25, -0.2) is 13.2 Å². The van der Waals surface area contributed by atoms with Gasteiger partial charge in [0.1, 0.15) is 9.79 Å². The molecule has 6 nitrogen and oxygen atoms in total. The van der Waals surface area contributed by atoms with Crippen LogP contribution in [0.3, 0.4) is 0 Å². The van der Waals surface area contributed by atoms with Gasteiger partial charge in [0.2, 0.25) is 0 Å². The van der Waals surface area contributed by atoms with Gasteiger partial charge in [-0.1, -0.05) is 31.0 Å². The Morgan fingerprint density at radius 1 is 1.04 bits per heavy atom. The predicted octanol–water partition coefficient (Wildman–Crippen LogP) is 4.01. The first-order valence-electron chi connectivity index (χ1n) is 8.43. The van der Waals surface area contributed by atoms with Crippen molar-refractivity contribution in [2.75, 3.05) is 10.0 Å². The summed E-state index contributed by atoms with van der Waals surface area (Å²) >= 11 is 1.09. The molecule has 0 aliphatic heterocycles. The van der Waals surface area contributed by atoms with Crippen LogP contribution in [0.15, 0.2) is 55.2 Å². The molecule has 0 atom stereocenters. The number of anilines is 2. The molecule has 2 heterocycles. The van der Waals surface area contributed by atoms with E-state index in [1.807, 2.05) is 12.1 Å². The lowest BCUT2D eigenvalue weighted by Gasteiger charge is -2.18.